The Morgan fingerprint density at radius 1 is 1.10 bits per heavy atom. The molecule has 1 heterocycles. The van der Waals surface area contributed by atoms with Gasteiger partial charge in [-0.1, -0.05) is 20.8 Å². The zero-order valence-electron chi connectivity index (χ0n) is 13.2. The SMILES string of the molecule is COc1cc(OC)cc(-c2nc(C(C)(C)C)c(CN)s2)c1. The van der Waals surface area contributed by atoms with Crippen LogP contribution in [0.1, 0.15) is 31.3 Å². The number of nitrogens with zero attached hydrogens (tertiary/aromatic N) is 1. The van der Waals surface area contributed by atoms with Crippen molar-refractivity contribution in [3.8, 4) is 22.1 Å². The van der Waals surface area contributed by atoms with Crippen molar-refractivity contribution in [2.75, 3.05) is 14.2 Å². The van der Waals surface area contributed by atoms with Crippen LogP contribution in [0.15, 0.2) is 18.2 Å². The van der Waals surface area contributed by atoms with Gasteiger partial charge in [0.05, 0.1) is 19.9 Å². The quantitative estimate of drug-likeness (QED) is 0.938. The lowest BCUT2D eigenvalue weighted by Gasteiger charge is -2.16. The van der Waals surface area contributed by atoms with Gasteiger partial charge in [-0.15, -0.1) is 11.3 Å². The highest BCUT2D eigenvalue weighted by Gasteiger charge is 2.23. The zero-order valence-corrected chi connectivity index (χ0v) is 14.0. The molecule has 0 bridgehead atoms. The number of nitrogens with two attached hydrogens (primary N) is 1. The molecular weight excluding hydrogens is 284 g/mol. The Balaban J connectivity index is 2.54. The lowest BCUT2D eigenvalue weighted by atomic mass is 9.91. The van der Waals surface area contributed by atoms with Gasteiger partial charge < -0.3 is 15.2 Å². The summed E-state index contributed by atoms with van der Waals surface area (Å²) in [5.41, 5.74) is 7.90. The second-order valence-corrected chi connectivity index (χ2v) is 6.93. The summed E-state index contributed by atoms with van der Waals surface area (Å²) in [7, 11) is 3.29. The van der Waals surface area contributed by atoms with E-state index in [1.165, 1.54) is 0 Å². The predicted molar refractivity (Wildman–Crippen MR) is 87.2 cm³/mol. The van der Waals surface area contributed by atoms with E-state index in [4.69, 9.17) is 20.2 Å². The Morgan fingerprint density at radius 2 is 1.67 bits per heavy atom. The standard InChI is InChI=1S/C16H22N2O2S/c1-16(2,3)14-13(9-17)21-15(18-14)10-6-11(19-4)8-12(7-10)20-5/h6-8H,9,17H2,1-5H3. The number of methoxy groups -OCH3 is 2. The lowest BCUT2D eigenvalue weighted by molar-refractivity contribution is 0.394. The second kappa shape index (κ2) is 6.03. The third kappa shape index (κ3) is 3.36. The molecule has 0 aliphatic rings. The van der Waals surface area contributed by atoms with Gasteiger partial charge in [-0.2, -0.15) is 0 Å². The Morgan fingerprint density at radius 3 is 2.05 bits per heavy atom. The van der Waals surface area contributed by atoms with Crippen LogP contribution in [0.5, 0.6) is 11.5 Å². The molecule has 0 atom stereocenters. The van der Waals surface area contributed by atoms with E-state index in [1.807, 2.05) is 18.2 Å². The van der Waals surface area contributed by atoms with Crippen LogP contribution in [0.3, 0.4) is 0 Å². The maximum absolute atomic E-state index is 5.87. The molecule has 21 heavy (non-hydrogen) atoms. The molecule has 0 saturated carbocycles. The van der Waals surface area contributed by atoms with Crippen LogP contribution in [-0.4, -0.2) is 19.2 Å². The number of aromatic nitrogens is 1. The fourth-order valence-corrected chi connectivity index (χ4v) is 3.27. The summed E-state index contributed by atoms with van der Waals surface area (Å²) in [6.07, 6.45) is 0. The molecule has 0 amide bonds. The highest BCUT2D eigenvalue weighted by molar-refractivity contribution is 7.15. The minimum absolute atomic E-state index is 0.0214. The molecule has 0 aliphatic heterocycles. The summed E-state index contributed by atoms with van der Waals surface area (Å²) in [5, 5.41) is 0.942. The molecule has 0 spiro atoms. The van der Waals surface area contributed by atoms with Gasteiger partial charge in [0.1, 0.15) is 16.5 Å². The first-order valence-corrected chi connectivity index (χ1v) is 7.64. The van der Waals surface area contributed by atoms with Gasteiger partial charge in [0.15, 0.2) is 0 Å². The van der Waals surface area contributed by atoms with Gasteiger partial charge in [-0.25, -0.2) is 4.98 Å². The summed E-state index contributed by atoms with van der Waals surface area (Å²) < 4.78 is 10.6. The normalized spacial score (nSPS) is 11.5. The number of hydrogen-bond donors (Lipinski definition) is 1. The Kier molecular flexibility index (Phi) is 4.54. The Labute approximate surface area is 129 Å². The molecule has 5 heteroatoms. The van der Waals surface area contributed by atoms with Crippen molar-refractivity contribution < 1.29 is 9.47 Å². The molecule has 1 aromatic heterocycles. The summed E-state index contributed by atoms with van der Waals surface area (Å²) in [6, 6.07) is 5.79. The minimum Gasteiger partial charge on any atom is -0.497 e. The highest BCUT2D eigenvalue weighted by atomic mass is 32.1. The van der Waals surface area contributed by atoms with Crippen LogP contribution in [0, 0.1) is 0 Å². The van der Waals surface area contributed by atoms with Crippen LogP contribution >= 0.6 is 11.3 Å². The molecule has 2 N–H and O–H groups in total. The number of rotatable bonds is 4. The highest BCUT2D eigenvalue weighted by Crippen LogP contribution is 2.37. The lowest BCUT2D eigenvalue weighted by Crippen LogP contribution is -2.15. The summed E-state index contributed by atoms with van der Waals surface area (Å²) in [4.78, 5) is 5.93. The average molecular weight is 306 g/mol. The fraction of sp³-hybridized carbons (Fsp3) is 0.438. The van der Waals surface area contributed by atoms with Crippen LogP contribution in [-0.2, 0) is 12.0 Å². The van der Waals surface area contributed by atoms with Gasteiger partial charge >= 0.3 is 0 Å². The van der Waals surface area contributed by atoms with E-state index in [0.717, 1.165) is 32.6 Å². The van der Waals surface area contributed by atoms with Crippen LogP contribution in [0.25, 0.3) is 10.6 Å². The molecule has 114 valence electrons. The van der Waals surface area contributed by atoms with E-state index in [1.54, 1.807) is 25.6 Å². The average Bonchev–Trinajstić information content (AvgIpc) is 2.91. The molecule has 0 unspecified atom stereocenters. The molecule has 0 radical (unpaired) electrons. The van der Waals surface area contributed by atoms with Gasteiger partial charge in [0.2, 0.25) is 0 Å². The molecule has 0 saturated heterocycles. The maximum Gasteiger partial charge on any atom is 0.124 e. The molecule has 4 nitrogen and oxygen atoms in total. The van der Waals surface area contributed by atoms with Crippen molar-refractivity contribution in [1.82, 2.24) is 4.98 Å². The van der Waals surface area contributed by atoms with Crippen molar-refractivity contribution in [2.45, 2.75) is 32.7 Å². The molecule has 1 aromatic carbocycles. The molecule has 2 rings (SSSR count). The topological polar surface area (TPSA) is 57.4 Å². The summed E-state index contributed by atoms with van der Waals surface area (Å²) >= 11 is 1.63. The first-order chi connectivity index (χ1) is 9.88. The van der Waals surface area contributed by atoms with Gasteiger partial charge in [-0.05, 0) is 12.1 Å². The van der Waals surface area contributed by atoms with Crippen molar-refractivity contribution in [3.05, 3.63) is 28.8 Å². The van der Waals surface area contributed by atoms with E-state index in [-0.39, 0.29) is 5.41 Å². The third-order valence-corrected chi connectivity index (χ3v) is 4.32. The first kappa shape index (κ1) is 15.8. The number of benzene rings is 1. The van der Waals surface area contributed by atoms with Crippen LogP contribution in [0.4, 0.5) is 0 Å². The first-order valence-electron chi connectivity index (χ1n) is 6.82. The zero-order chi connectivity index (χ0) is 15.6. The van der Waals surface area contributed by atoms with E-state index >= 15 is 0 Å². The predicted octanol–water partition coefficient (Wildman–Crippen LogP) is 3.58. The van der Waals surface area contributed by atoms with E-state index in [2.05, 4.69) is 20.8 Å². The Hall–Kier alpha value is -1.59. The third-order valence-electron chi connectivity index (χ3n) is 3.19. The number of thiazole rings is 1. The van der Waals surface area contributed by atoms with Gasteiger partial charge in [0.25, 0.3) is 0 Å². The van der Waals surface area contributed by atoms with Crippen molar-refractivity contribution in [3.63, 3.8) is 0 Å². The van der Waals surface area contributed by atoms with Crippen LogP contribution in [0.2, 0.25) is 0 Å². The van der Waals surface area contributed by atoms with Crippen LogP contribution < -0.4 is 15.2 Å². The fourth-order valence-electron chi connectivity index (χ4n) is 2.13. The van der Waals surface area contributed by atoms with E-state index in [9.17, 15) is 0 Å². The van der Waals surface area contributed by atoms with Crippen molar-refractivity contribution in [2.24, 2.45) is 5.73 Å². The number of hydrogen-bond acceptors (Lipinski definition) is 5. The largest absolute Gasteiger partial charge is 0.497 e. The molecular formula is C16H22N2O2S. The second-order valence-electron chi connectivity index (χ2n) is 5.85. The summed E-state index contributed by atoms with van der Waals surface area (Å²) in [6.45, 7) is 6.96. The van der Waals surface area contributed by atoms with Gasteiger partial charge in [0, 0.05) is 28.5 Å². The molecule has 0 aliphatic carbocycles. The van der Waals surface area contributed by atoms with Gasteiger partial charge in [-0.3, -0.25) is 0 Å². The van der Waals surface area contributed by atoms with Crippen molar-refractivity contribution >= 4 is 11.3 Å². The smallest absolute Gasteiger partial charge is 0.124 e. The monoisotopic (exact) mass is 306 g/mol. The van der Waals surface area contributed by atoms with E-state index < -0.39 is 0 Å². The Bertz CT molecular complexity index is 607. The van der Waals surface area contributed by atoms with Crippen molar-refractivity contribution in [1.29, 1.82) is 0 Å². The number of ether oxygens (including phenoxy) is 2. The molecule has 2 aromatic rings. The minimum atomic E-state index is -0.0214. The van der Waals surface area contributed by atoms with E-state index in [0.29, 0.717) is 6.54 Å². The molecule has 0 fully saturated rings. The summed E-state index contributed by atoms with van der Waals surface area (Å²) in [5.74, 6) is 1.51. The maximum atomic E-state index is 5.87.